The quantitative estimate of drug-likeness (QED) is 0.753. The molecule has 4 atom stereocenters. The summed E-state index contributed by atoms with van der Waals surface area (Å²) < 4.78 is 5.55. The molecule has 104 valence electrons. The number of rotatable bonds is 2. The van der Waals surface area contributed by atoms with E-state index in [2.05, 4.69) is 6.92 Å². The maximum Gasteiger partial charge on any atom is 0.310 e. The fraction of sp³-hybridized carbons (Fsp3) is 0.714. The summed E-state index contributed by atoms with van der Waals surface area (Å²) in [5.74, 6) is -1.59. The molecule has 1 N–H and O–H groups in total. The lowest BCUT2D eigenvalue weighted by atomic mass is 9.81. The average Bonchev–Trinajstić information content (AvgIpc) is 2.98. The maximum absolute atomic E-state index is 12.6. The molecule has 3 rings (SSSR count). The SMILES string of the molecule is CC1CCN(C(=O)[C@H]2[C@@H](C(=O)O)[C@@H]3C=C[C@@H]2O3)CC1. The molecule has 5 nitrogen and oxygen atoms in total. The van der Waals surface area contributed by atoms with Gasteiger partial charge in [0.1, 0.15) is 5.92 Å². The van der Waals surface area contributed by atoms with E-state index >= 15 is 0 Å². The lowest BCUT2D eigenvalue weighted by Gasteiger charge is -2.34. The van der Waals surface area contributed by atoms with E-state index in [0.29, 0.717) is 5.92 Å². The summed E-state index contributed by atoms with van der Waals surface area (Å²) in [5.41, 5.74) is 0. The van der Waals surface area contributed by atoms with Gasteiger partial charge in [0.25, 0.3) is 0 Å². The molecule has 3 aliphatic heterocycles. The highest BCUT2D eigenvalue weighted by molar-refractivity contribution is 5.87. The zero-order chi connectivity index (χ0) is 13.6. The number of carboxylic acid groups (broad SMARTS) is 1. The highest BCUT2D eigenvalue weighted by atomic mass is 16.5. The number of amides is 1. The molecule has 2 bridgehead atoms. The zero-order valence-electron chi connectivity index (χ0n) is 11.0. The minimum absolute atomic E-state index is 0.0452. The Labute approximate surface area is 112 Å². The van der Waals surface area contributed by atoms with Crippen molar-refractivity contribution in [3.8, 4) is 0 Å². The van der Waals surface area contributed by atoms with Gasteiger partial charge in [0.05, 0.1) is 18.1 Å². The number of carboxylic acids is 1. The molecule has 0 aromatic rings. The molecule has 0 aromatic heterocycles. The largest absolute Gasteiger partial charge is 0.481 e. The van der Waals surface area contributed by atoms with Crippen LogP contribution in [0.3, 0.4) is 0 Å². The molecule has 5 heteroatoms. The van der Waals surface area contributed by atoms with Crippen LogP contribution in [0, 0.1) is 17.8 Å². The summed E-state index contributed by atoms with van der Waals surface area (Å²) >= 11 is 0. The van der Waals surface area contributed by atoms with E-state index < -0.39 is 23.9 Å². The predicted octanol–water partition coefficient (Wildman–Crippen LogP) is 0.899. The van der Waals surface area contributed by atoms with Gasteiger partial charge in [-0.15, -0.1) is 0 Å². The summed E-state index contributed by atoms with van der Waals surface area (Å²) in [7, 11) is 0. The van der Waals surface area contributed by atoms with Gasteiger partial charge in [-0.05, 0) is 18.8 Å². The fourth-order valence-electron chi connectivity index (χ4n) is 3.34. The van der Waals surface area contributed by atoms with Gasteiger partial charge in [-0.1, -0.05) is 19.1 Å². The lowest BCUT2D eigenvalue weighted by molar-refractivity contribution is -0.150. The van der Waals surface area contributed by atoms with Gasteiger partial charge in [0.15, 0.2) is 0 Å². The van der Waals surface area contributed by atoms with Gasteiger partial charge in [0, 0.05) is 13.1 Å². The van der Waals surface area contributed by atoms with Crippen LogP contribution in [0.15, 0.2) is 12.2 Å². The van der Waals surface area contributed by atoms with E-state index in [9.17, 15) is 14.7 Å². The number of hydrogen-bond acceptors (Lipinski definition) is 3. The van der Waals surface area contributed by atoms with Crippen molar-refractivity contribution in [1.29, 1.82) is 0 Å². The Kier molecular flexibility index (Phi) is 3.09. The number of carbonyl (C=O) groups excluding carboxylic acids is 1. The predicted molar refractivity (Wildman–Crippen MR) is 67.4 cm³/mol. The molecule has 2 saturated heterocycles. The van der Waals surface area contributed by atoms with Crippen molar-refractivity contribution in [2.24, 2.45) is 17.8 Å². The molecule has 3 aliphatic rings. The molecule has 0 unspecified atom stereocenters. The van der Waals surface area contributed by atoms with Crippen LogP contribution in [-0.2, 0) is 14.3 Å². The third-order valence-corrected chi connectivity index (χ3v) is 4.57. The second-order valence-electron chi connectivity index (χ2n) is 5.85. The first-order chi connectivity index (χ1) is 9.08. The number of ether oxygens (including phenoxy) is 1. The molecular weight excluding hydrogens is 246 g/mol. The third kappa shape index (κ3) is 2.06. The second-order valence-corrected chi connectivity index (χ2v) is 5.85. The first-order valence-corrected chi connectivity index (χ1v) is 6.93. The Morgan fingerprint density at radius 2 is 1.74 bits per heavy atom. The van der Waals surface area contributed by atoms with Crippen molar-refractivity contribution in [3.63, 3.8) is 0 Å². The normalized spacial score (nSPS) is 37.8. The van der Waals surface area contributed by atoms with Crippen molar-refractivity contribution in [1.82, 2.24) is 4.90 Å². The molecule has 19 heavy (non-hydrogen) atoms. The van der Waals surface area contributed by atoms with E-state index in [1.807, 2.05) is 11.0 Å². The lowest BCUT2D eigenvalue weighted by Crippen LogP contribution is -2.47. The van der Waals surface area contributed by atoms with E-state index in [4.69, 9.17) is 4.74 Å². The average molecular weight is 265 g/mol. The maximum atomic E-state index is 12.6. The van der Waals surface area contributed by atoms with Crippen LogP contribution in [0.2, 0.25) is 0 Å². The van der Waals surface area contributed by atoms with Crippen LogP contribution < -0.4 is 0 Å². The Bertz CT molecular complexity index is 425. The number of hydrogen-bond donors (Lipinski definition) is 1. The molecule has 0 aromatic carbocycles. The molecule has 0 aliphatic carbocycles. The van der Waals surface area contributed by atoms with Gasteiger partial charge < -0.3 is 14.7 Å². The van der Waals surface area contributed by atoms with Crippen LogP contribution in [0.4, 0.5) is 0 Å². The van der Waals surface area contributed by atoms with E-state index in [1.54, 1.807) is 6.08 Å². The summed E-state index contributed by atoms with van der Waals surface area (Å²) in [6, 6.07) is 0. The zero-order valence-corrected chi connectivity index (χ0v) is 11.0. The topological polar surface area (TPSA) is 66.8 Å². The summed E-state index contributed by atoms with van der Waals surface area (Å²) in [5, 5.41) is 9.31. The smallest absolute Gasteiger partial charge is 0.310 e. The summed E-state index contributed by atoms with van der Waals surface area (Å²) in [6.45, 7) is 3.67. The first kappa shape index (κ1) is 12.7. The Balaban J connectivity index is 1.75. The van der Waals surface area contributed by atoms with Gasteiger partial charge in [-0.2, -0.15) is 0 Å². The number of fused-ring (bicyclic) bond motifs is 2. The van der Waals surface area contributed by atoms with E-state index in [1.165, 1.54) is 0 Å². The molecule has 2 fully saturated rings. The van der Waals surface area contributed by atoms with Crippen LogP contribution in [0.1, 0.15) is 19.8 Å². The molecule has 1 amide bonds. The van der Waals surface area contributed by atoms with Gasteiger partial charge in [-0.25, -0.2) is 0 Å². The van der Waals surface area contributed by atoms with E-state index in [0.717, 1.165) is 25.9 Å². The Morgan fingerprint density at radius 3 is 2.32 bits per heavy atom. The molecule has 3 heterocycles. The monoisotopic (exact) mass is 265 g/mol. The van der Waals surface area contributed by atoms with Crippen LogP contribution >= 0.6 is 0 Å². The highest BCUT2D eigenvalue weighted by Gasteiger charge is 2.54. The van der Waals surface area contributed by atoms with Crippen molar-refractivity contribution < 1.29 is 19.4 Å². The van der Waals surface area contributed by atoms with Gasteiger partial charge in [0.2, 0.25) is 5.91 Å². The number of nitrogens with zero attached hydrogens (tertiary/aromatic N) is 1. The van der Waals surface area contributed by atoms with Gasteiger partial charge in [-0.3, -0.25) is 9.59 Å². The number of piperidine rings is 1. The first-order valence-electron chi connectivity index (χ1n) is 6.93. The van der Waals surface area contributed by atoms with Crippen molar-refractivity contribution in [2.45, 2.75) is 32.0 Å². The fourth-order valence-corrected chi connectivity index (χ4v) is 3.34. The van der Waals surface area contributed by atoms with Gasteiger partial charge >= 0.3 is 5.97 Å². The molecule has 0 spiro atoms. The Morgan fingerprint density at radius 1 is 1.16 bits per heavy atom. The van der Waals surface area contributed by atoms with Crippen LogP contribution in [0.25, 0.3) is 0 Å². The minimum Gasteiger partial charge on any atom is -0.481 e. The van der Waals surface area contributed by atoms with E-state index in [-0.39, 0.29) is 12.0 Å². The molecule has 0 saturated carbocycles. The van der Waals surface area contributed by atoms with Crippen molar-refractivity contribution in [3.05, 3.63) is 12.2 Å². The molecular formula is C14H19NO4. The third-order valence-electron chi connectivity index (χ3n) is 4.57. The minimum atomic E-state index is -0.930. The summed E-state index contributed by atoms with van der Waals surface area (Å²) in [6.07, 6.45) is 4.82. The number of aliphatic carboxylic acids is 1. The standard InChI is InChI=1S/C14H19NO4/c1-8-4-6-15(7-5-8)13(16)11-9-2-3-10(19-9)12(11)14(17)18/h2-3,8-12H,4-7H2,1H3,(H,17,18)/t9-,10-,11+,12-/m0/s1. The summed E-state index contributed by atoms with van der Waals surface area (Å²) in [4.78, 5) is 25.7. The highest BCUT2D eigenvalue weighted by Crippen LogP contribution is 2.40. The Hall–Kier alpha value is -1.36. The van der Waals surface area contributed by atoms with Crippen molar-refractivity contribution >= 4 is 11.9 Å². The number of likely N-dealkylation sites (tertiary alicyclic amines) is 1. The van der Waals surface area contributed by atoms with Crippen molar-refractivity contribution in [2.75, 3.05) is 13.1 Å². The molecule has 0 radical (unpaired) electrons. The van der Waals surface area contributed by atoms with Crippen LogP contribution in [0.5, 0.6) is 0 Å². The van der Waals surface area contributed by atoms with Crippen LogP contribution in [-0.4, -0.2) is 47.2 Å². The second kappa shape index (κ2) is 4.63. The number of carbonyl (C=O) groups is 2.